The van der Waals surface area contributed by atoms with Crippen molar-refractivity contribution in [3.8, 4) is 0 Å². The van der Waals surface area contributed by atoms with Crippen LogP contribution in [-0.4, -0.2) is 50.2 Å². The number of hydrogen-bond acceptors (Lipinski definition) is 5. The first-order chi connectivity index (χ1) is 19.9. The van der Waals surface area contributed by atoms with Gasteiger partial charge in [-0.1, -0.05) is 143 Å². The van der Waals surface area contributed by atoms with Crippen LogP contribution < -0.4 is 0 Å². The molecule has 41 heavy (non-hydrogen) atoms. The maximum Gasteiger partial charge on any atom is 0.309 e. The lowest BCUT2D eigenvalue weighted by molar-refractivity contribution is -0.162. The highest BCUT2D eigenvalue weighted by Crippen LogP contribution is 2.22. The first kappa shape index (κ1) is 39.9. The third kappa shape index (κ3) is 27.5. The second kappa shape index (κ2) is 30.4. The first-order valence-electron chi connectivity index (χ1n) is 17.9. The normalized spacial score (nSPS) is 12.9. The van der Waals surface area contributed by atoms with E-state index in [0.29, 0.717) is 6.42 Å². The minimum atomic E-state index is -0.324. The van der Waals surface area contributed by atoms with Crippen molar-refractivity contribution in [2.45, 2.75) is 187 Å². The highest BCUT2D eigenvalue weighted by molar-refractivity contribution is 5.72. The van der Waals surface area contributed by atoms with E-state index in [-0.39, 0.29) is 30.6 Å². The maximum absolute atomic E-state index is 13.2. The fourth-order valence-electron chi connectivity index (χ4n) is 5.48. The van der Waals surface area contributed by atoms with Gasteiger partial charge in [0.25, 0.3) is 0 Å². The largest absolute Gasteiger partial charge is 0.462 e. The van der Waals surface area contributed by atoms with Crippen molar-refractivity contribution in [2.24, 2.45) is 5.92 Å². The molecule has 0 bridgehead atoms. The summed E-state index contributed by atoms with van der Waals surface area (Å²) >= 11 is 0. The predicted molar refractivity (Wildman–Crippen MR) is 175 cm³/mol. The van der Waals surface area contributed by atoms with Crippen LogP contribution in [0.15, 0.2) is 0 Å². The van der Waals surface area contributed by atoms with Crippen LogP contribution in [0.3, 0.4) is 0 Å². The summed E-state index contributed by atoms with van der Waals surface area (Å²) in [5.41, 5.74) is 0. The summed E-state index contributed by atoms with van der Waals surface area (Å²) in [5, 5.41) is 0. The lowest BCUT2D eigenvalue weighted by Gasteiger charge is -2.21. The molecule has 0 spiro atoms. The van der Waals surface area contributed by atoms with Gasteiger partial charge in [-0.3, -0.25) is 9.59 Å². The third-order valence-corrected chi connectivity index (χ3v) is 8.22. The van der Waals surface area contributed by atoms with Crippen molar-refractivity contribution in [1.82, 2.24) is 4.90 Å². The van der Waals surface area contributed by atoms with Crippen LogP contribution in [0.2, 0.25) is 0 Å². The Hall–Kier alpha value is -1.10. The van der Waals surface area contributed by atoms with Crippen molar-refractivity contribution in [2.75, 3.05) is 27.2 Å². The third-order valence-electron chi connectivity index (χ3n) is 8.22. The summed E-state index contributed by atoms with van der Waals surface area (Å²) in [6.07, 6.45) is 28.3. The highest BCUT2D eigenvalue weighted by atomic mass is 16.6. The molecule has 0 saturated carbocycles. The molecule has 2 unspecified atom stereocenters. The topological polar surface area (TPSA) is 55.8 Å². The quantitative estimate of drug-likeness (QED) is 0.0602. The van der Waals surface area contributed by atoms with Gasteiger partial charge in [0, 0.05) is 6.42 Å². The van der Waals surface area contributed by atoms with Gasteiger partial charge in [-0.15, -0.1) is 0 Å². The Bertz CT molecular complexity index is 580. The molecule has 2 atom stereocenters. The van der Waals surface area contributed by atoms with E-state index < -0.39 is 0 Å². The summed E-state index contributed by atoms with van der Waals surface area (Å²) in [6, 6.07) is 0. The number of carbonyl (C=O) groups excluding carboxylic acids is 2. The van der Waals surface area contributed by atoms with E-state index in [1.54, 1.807) is 0 Å². The van der Waals surface area contributed by atoms with Gasteiger partial charge in [-0.2, -0.15) is 0 Å². The van der Waals surface area contributed by atoms with Crippen molar-refractivity contribution >= 4 is 11.9 Å². The van der Waals surface area contributed by atoms with Gasteiger partial charge < -0.3 is 14.4 Å². The summed E-state index contributed by atoms with van der Waals surface area (Å²) < 4.78 is 11.8. The molecule has 5 nitrogen and oxygen atoms in total. The maximum atomic E-state index is 13.2. The van der Waals surface area contributed by atoms with Crippen molar-refractivity contribution in [1.29, 1.82) is 0 Å². The Labute approximate surface area is 256 Å². The minimum absolute atomic E-state index is 0.0215. The predicted octanol–water partition coefficient (Wildman–Crippen LogP) is 10.4. The van der Waals surface area contributed by atoms with E-state index in [1.165, 1.54) is 103 Å². The number of esters is 2. The molecular weight excluding hydrogens is 510 g/mol. The Morgan fingerprint density at radius 1 is 0.561 bits per heavy atom. The van der Waals surface area contributed by atoms with Crippen LogP contribution in [0.1, 0.15) is 181 Å². The molecule has 5 heteroatoms. The average Bonchev–Trinajstić information content (AvgIpc) is 2.95. The zero-order chi connectivity index (χ0) is 30.4. The molecule has 244 valence electrons. The van der Waals surface area contributed by atoms with Crippen LogP contribution in [0, 0.1) is 5.92 Å². The number of carbonyl (C=O) groups is 2. The summed E-state index contributed by atoms with van der Waals surface area (Å²) in [5.74, 6) is -0.258. The SMILES string of the molecule is CCCCCCCCCCC(COC(=O)C(CCCCCCC)CCCCCCCCC)OC(=O)CCCN(C)C. The van der Waals surface area contributed by atoms with E-state index in [2.05, 4.69) is 25.7 Å². The van der Waals surface area contributed by atoms with E-state index >= 15 is 0 Å². The van der Waals surface area contributed by atoms with Crippen molar-refractivity contribution < 1.29 is 19.1 Å². The second-order valence-corrected chi connectivity index (χ2v) is 12.7. The standard InChI is InChI=1S/C36H71NO4/c1-6-9-12-15-17-19-22-25-29-34(41-35(38)30-26-31-37(4)5)32-40-36(39)33(27-23-20-14-11-8-3)28-24-21-18-16-13-10-7-2/h33-34H,6-32H2,1-5H3. The van der Waals surface area contributed by atoms with E-state index in [9.17, 15) is 9.59 Å². The molecule has 0 rings (SSSR count). The Balaban J connectivity index is 4.81. The van der Waals surface area contributed by atoms with E-state index in [1.807, 2.05) is 14.1 Å². The van der Waals surface area contributed by atoms with Crippen LogP contribution in [-0.2, 0) is 19.1 Å². The Morgan fingerprint density at radius 3 is 1.41 bits per heavy atom. The number of hydrogen-bond donors (Lipinski definition) is 0. The molecule has 0 aromatic rings. The minimum Gasteiger partial charge on any atom is -0.462 e. The van der Waals surface area contributed by atoms with Gasteiger partial charge in [0.15, 0.2) is 0 Å². The number of unbranched alkanes of at least 4 members (excludes halogenated alkanes) is 17. The summed E-state index contributed by atoms with van der Waals surface area (Å²) in [6.45, 7) is 7.81. The monoisotopic (exact) mass is 582 g/mol. The molecule has 0 N–H and O–H groups in total. The second-order valence-electron chi connectivity index (χ2n) is 12.7. The van der Waals surface area contributed by atoms with Gasteiger partial charge in [0.05, 0.1) is 5.92 Å². The molecule has 0 fully saturated rings. The fraction of sp³-hybridized carbons (Fsp3) is 0.944. The summed E-state index contributed by atoms with van der Waals surface area (Å²) in [7, 11) is 4.03. The smallest absolute Gasteiger partial charge is 0.309 e. The van der Waals surface area contributed by atoms with Crippen molar-refractivity contribution in [3.63, 3.8) is 0 Å². The van der Waals surface area contributed by atoms with Gasteiger partial charge >= 0.3 is 11.9 Å². The van der Waals surface area contributed by atoms with Gasteiger partial charge in [-0.05, 0) is 52.7 Å². The van der Waals surface area contributed by atoms with Crippen LogP contribution >= 0.6 is 0 Å². The average molecular weight is 582 g/mol. The van der Waals surface area contributed by atoms with E-state index in [4.69, 9.17) is 9.47 Å². The lowest BCUT2D eigenvalue weighted by atomic mass is 9.94. The molecule has 0 radical (unpaired) electrons. The van der Waals surface area contributed by atoms with E-state index in [0.717, 1.165) is 57.9 Å². The molecule has 0 heterocycles. The molecular formula is C36H71NO4. The molecule has 0 aromatic heterocycles. The zero-order valence-corrected chi connectivity index (χ0v) is 28.3. The van der Waals surface area contributed by atoms with Gasteiger partial charge in [0.2, 0.25) is 0 Å². The molecule has 0 aromatic carbocycles. The molecule has 0 aliphatic rings. The van der Waals surface area contributed by atoms with Crippen LogP contribution in [0.5, 0.6) is 0 Å². The lowest BCUT2D eigenvalue weighted by Crippen LogP contribution is -2.28. The highest BCUT2D eigenvalue weighted by Gasteiger charge is 2.22. The Kier molecular flexibility index (Phi) is 29.5. The number of nitrogens with zero attached hydrogens (tertiary/aromatic N) is 1. The molecule has 0 amide bonds. The fourth-order valence-corrected chi connectivity index (χ4v) is 5.48. The Morgan fingerprint density at radius 2 is 0.976 bits per heavy atom. The summed E-state index contributed by atoms with van der Waals surface area (Å²) in [4.78, 5) is 27.9. The van der Waals surface area contributed by atoms with Gasteiger partial charge in [-0.25, -0.2) is 0 Å². The number of ether oxygens (including phenoxy) is 2. The van der Waals surface area contributed by atoms with Gasteiger partial charge in [0.1, 0.15) is 12.7 Å². The molecule has 0 aliphatic carbocycles. The van der Waals surface area contributed by atoms with Crippen LogP contribution in [0.25, 0.3) is 0 Å². The molecule has 0 aliphatic heterocycles. The number of rotatable bonds is 31. The molecule has 0 saturated heterocycles. The van der Waals surface area contributed by atoms with Crippen molar-refractivity contribution in [3.05, 3.63) is 0 Å². The zero-order valence-electron chi connectivity index (χ0n) is 28.3. The first-order valence-corrected chi connectivity index (χ1v) is 17.9. The van der Waals surface area contributed by atoms with Crippen LogP contribution in [0.4, 0.5) is 0 Å².